The number of ether oxygens (including phenoxy) is 1. The summed E-state index contributed by atoms with van der Waals surface area (Å²) in [5.41, 5.74) is 8.99. The maximum Gasteiger partial charge on any atom is 0.181 e. The SMILES string of the molecule is COCc1cc(C)nc2sc(C(=O)C34CC5CC(CC(C5)C3)C4)c(N)c12. The molecule has 2 aromatic heterocycles. The maximum atomic E-state index is 13.7. The lowest BCUT2D eigenvalue weighted by molar-refractivity contribution is -0.0350. The third-order valence-electron chi connectivity index (χ3n) is 6.93. The summed E-state index contributed by atoms with van der Waals surface area (Å²) in [6, 6.07) is 2.02. The minimum Gasteiger partial charge on any atom is -0.397 e. The van der Waals surface area contributed by atoms with Crippen LogP contribution in [0.2, 0.25) is 0 Å². The number of nitrogens with zero attached hydrogens (tertiary/aromatic N) is 1. The van der Waals surface area contributed by atoms with Crippen molar-refractivity contribution in [3.63, 3.8) is 0 Å². The van der Waals surface area contributed by atoms with Gasteiger partial charge in [-0.25, -0.2) is 4.98 Å². The van der Waals surface area contributed by atoms with Crippen LogP contribution in [0.15, 0.2) is 6.07 Å². The van der Waals surface area contributed by atoms with E-state index in [0.29, 0.717) is 18.1 Å². The van der Waals surface area contributed by atoms with E-state index < -0.39 is 0 Å². The van der Waals surface area contributed by atoms with E-state index in [9.17, 15) is 4.79 Å². The molecule has 4 aliphatic carbocycles. The molecule has 0 atom stereocenters. The monoisotopic (exact) mass is 370 g/mol. The third kappa shape index (κ3) is 2.36. The third-order valence-corrected chi connectivity index (χ3v) is 8.03. The number of anilines is 1. The summed E-state index contributed by atoms with van der Waals surface area (Å²) in [7, 11) is 1.69. The summed E-state index contributed by atoms with van der Waals surface area (Å²) in [6.07, 6.45) is 7.24. The van der Waals surface area contributed by atoms with Crippen molar-refractivity contribution in [2.24, 2.45) is 23.2 Å². The van der Waals surface area contributed by atoms with Crippen molar-refractivity contribution in [3.8, 4) is 0 Å². The van der Waals surface area contributed by atoms with E-state index in [1.54, 1.807) is 7.11 Å². The van der Waals surface area contributed by atoms with Gasteiger partial charge in [-0.15, -0.1) is 11.3 Å². The summed E-state index contributed by atoms with van der Waals surface area (Å²) in [4.78, 5) is 20.0. The number of pyridine rings is 1. The van der Waals surface area contributed by atoms with Gasteiger partial charge in [-0.1, -0.05) is 0 Å². The molecule has 0 spiro atoms. The van der Waals surface area contributed by atoms with E-state index in [4.69, 9.17) is 10.5 Å². The molecule has 2 heterocycles. The molecule has 4 fully saturated rings. The number of hydrogen-bond donors (Lipinski definition) is 1. The van der Waals surface area contributed by atoms with E-state index >= 15 is 0 Å². The lowest BCUT2D eigenvalue weighted by atomic mass is 9.48. The zero-order chi connectivity index (χ0) is 18.1. The average Bonchev–Trinajstić information content (AvgIpc) is 2.89. The number of fused-ring (bicyclic) bond motifs is 1. The molecule has 6 rings (SSSR count). The van der Waals surface area contributed by atoms with Gasteiger partial charge in [0.1, 0.15) is 4.83 Å². The maximum absolute atomic E-state index is 13.7. The Balaban J connectivity index is 1.60. The Bertz CT molecular complexity index is 866. The number of nitrogen functional groups attached to an aromatic ring is 1. The molecule has 4 bridgehead atoms. The highest BCUT2D eigenvalue weighted by Crippen LogP contribution is 2.61. The predicted molar refractivity (Wildman–Crippen MR) is 104 cm³/mol. The Morgan fingerprint density at radius 1 is 1.27 bits per heavy atom. The van der Waals surface area contributed by atoms with Gasteiger partial charge in [-0.2, -0.15) is 0 Å². The van der Waals surface area contributed by atoms with Gasteiger partial charge in [-0.05, 0) is 74.8 Å². The molecule has 0 aliphatic heterocycles. The molecule has 5 heteroatoms. The Morgan fingerprint density at radius 2 is 1.88 bits per heavy atom. The number of Topliss-reactive ketones (excluding diaryl/α,β-unsaturated/α-hetero) is 1. The lowest BCUT2D eigenvalue weighted by Crippen LogP contribution is -2.49. The molecular formula is C21H26N2O2S. The average molecular weight is 371 g/mol. The number of hydrogen-bond acceptors (Lipinski definition) is 5. The van der Waals surface area contributed by atoms with Crippen LogP contribution in [0.1, 0.15) is 59.5 Å². The summed E-state index contributed by atoms with van der Waals surface area (Å²) < 4.78 is 5.35. The fourth-order valence-electron chi connectivity index (χ4n) is 6.40. The number of aromatic nitrogens is 1. The first-order valence-electron chi connectivity index (χ1n) is 9.71. The minimum absolute atomic E-state index is 0.153. The van der Waals surface area contributed by atoms with Crippen LogP contribution < -0.4 is 5.73 Å². The van der Waals surface area contributed by atoms with Crippen LogP contribution in [0.5, 0.6) is 0 Å². The van der Waals surface area contributed by atoms with E-state index in [-0.39, 0.29) is 5.41 Å². The highest BCUT2D eigenvalue weighted by Gasteiger charge is 2.55. The Morgan fingerprint density at radius 3 is 2.46 bits per heavy atom. The Hall–Kier alpha value is -1.46. The van der Waals surface area contributed by atoms with Crippen LogP contribution >= 0.6 is 11.3 Å². The highest BCUT2D eigenvalue weighted by molar-refractivity contribution is 7.21. The molecule has 4 saturated carbocycles. The van der Waals surface area contributed by atoms with E-state index in [0.717, 1.165) is 63.4 Å². The molecule has 26 heavy (non-hydrogen) atoms. The first-order chi connectivity index (χ1) is 12.5. The van der Waals surface area contributed by atoms with Crippen molar-refractivity contribution in [2.45, 2.75) is 52.1 Å². The topological polar surface area (TPSA) is 65.2 Å². The summed E-state index contributed by atoms with van der Waals surface area (Å²) in [5, 5.41) is 0.926. The standard InChI is InChI=1S/C21H26N2O2S/c1-11-3-15(10-25-2)16-17(22)18(26-20(16)23-11)19(24)21-7-12-4-13(8-21)6-14(5-12)9-21/h3,12-14H,4-10,22H2,1-2H3. The largest absolute Gasteiger partial charge is 0.397 e. The summed E-state index contributed by atoms with van der Waals surface area (Å²) >= 11 is 1.49. The molecule has 2 aromatic rings. The smallest absolute Gasteiger partial charge is 0.181 e. The number of thiophene rings is 1. The van der Waals surface area contributed by atoms with E-state index in [1.807, 2.05) is 13.0 Å². The molecule has 4 nitrogen and oxygen atoms in total. The van der Waals surface area contributed by atoms with Crippen LogP contribution in [0, 0.1) is 30.1 Å². The molecule has 4 aliphatic rings. The van der Waals surface area contributed by atoms with Crippen molar-refractivity contribution >= 4 is 33.0 Å². The van der Waals surface area contributed by atoms with Crippen molar-refractivity contribution < 1.29 is 9.53 Å². The van der Waals surface area contributed by atoms with Gasteiger partial charge < -0.3 is 10.5 Å². The summed E-state index contributed by atoms with van der Waals surface area (Å²) in [5.74, 6) is 2.57. The van der Waals surface area contributed by atoms with Crippen molar-refractivity contribution in [1.29, 1.82) is 0 Å². The molecular weight excluding hydrogens is 344 g/mol. The number of ketones is 1. The number of rotatable bonds is 4. The second-order valence-corrected chi connectivity index (χ2v) is 9.91. The second-order valence-electron chi connectivity index (χ2n) is 8.91. The van der Waals surface area contributed by atoms with Gasteiger partial charge in [0.25, 0.3) is 0 Å². The molecule has 138 valence electrons. The minimum atomic E-state index is -0.153. The Kier molecular flexibility index (Phi) is 3.70. The summed E-state index contributed by atoms with van der Waals surface area (Å²) in [6.45, 7) is 2.47. The van der Waals surface area contributed by atoms with E-state index in [1.165, 1.54) is 30.6 Å². The van der Waals surface area contributed by atoms with Gasteiger partial charge in [-0.3, -0.25) is 4.79 Å². The van der Waals surface area contributed by atoms with Gasteiger partial charge in [0, 0.05) is 23.6 Å². The van der Waals surface area contributed by atoms with Gasteiger partial charge in [0.05, 0.1) is 17.2 Å². The lowest BCUT2D eigenvalue weighted by Gasteiger charge is -2.55. The molecule has 0 radical (unpaired) electrons. The van der Waals surface area contributed by atoms with Crippen molar-refractivity contribution in [1.82, 2.24) is 4.98 Å². The highest BCUT2D eigenvalue weighted by atomic mass is 32.1. The number of nitrogens with two attached hydrogens (primary N) is 1. The molecule has 0 unspecified atom stereocenters. The van der Waals surface area contributed by atoms with Crippen LogP contribution in [0.25, 0.3) is 10.2 Å². The zero-order valence-electron chi connectivity index (χ0n) is 15.5. The molecule has 0 aromatic carbocycles. The van der Waals surface area contributed by atoms with Crippen LogP contribution in [-0.2, 0) is 11.3 Å². The van der Waals surface area contributed by atoms with Crippen LogP contribution in [-0.4, -0.2) is 17.9 Å². The van der Waals surface area contributed by atoms with Crippen molar-refractivity contribution in [3.05, 3.63) is 22.2 Å². The van der Waals surface area contributed by atoms with Crippen LogP contribution in [0.4, 0.5) is 5.69 Å². The second kappa shape index (κ2) is 5.77. The van der Waals surface area contributed by atoms with Crippen LogP contribution in [0.3, 0.4) is 0 Å². The molecule has 2 N–H and O–H groups in total. The number of carbonyl (C=O) groups excluding carboxylic acids is 1. The fraction of sp³-hybridized carbons (Fsp3) is 0.619. The number of methoxy groups -OCH3 is 1. The van der Waals surface area contributed by atoms with Gasteiger partial charge in [0.15, 0.2) is 5.78 Å². The number of aryl methyl sites for hydroxylation is 1. The van der Waals surface area contributed by atoms with Crippen molar-refractivity contribution in [2.75, 3.05) is 12.8 Å². The first-order valence-corrected chi connectivity index (χ1v) is 10.5. The first kappa shape index (κ1) is 16.7. The van der Waals surface area contributed by atoms with Gasteiger partial charge >= 0.3 is 0 Å². The zero-order valence-corrected chi connectivity index (χ0v) is 16.3. The predicted octanol–water partition coefficient (Wildman–Crippen LogP) is 4.73. The normalized spacial score (nSPS) is 32.5. The molecule has 0 saturated heterocycles. The molecule has 0 amide bonds. The fourth-order valence-corrected chi connectivity index (χ4v) is 7.65. The number of carbonyl (C=O) groups is 1. The van der Waals surface area contributed by atoms with E-state index in [2.05, 4.69) is 4.98 Å². The quantitative estimate of drug-likeness (QED) is 0.790. The Labute approximate surface area is 158 Å². The van der Waals surface area contributed by atoms with Gasteiger partial charge in [0.2, 0.25) is 0 Å².